The standard InChI is InChI=1S/C14H18N2O/c1-14(2,3)13-9-15-8-11-6-10(7-16-17)4-5-12(11)13/h4-6,8-9,16-17H,7H2,1-3H3. The maximum Gasteiger partial charge on any atom is 0.0458 e. The Labute approximate surface area is 101 Å². The van der Waals surface area contributed by atoms with Crippen LogP contribution in [0.1, 0.15) is 31.9 Å². The van der Waals surface area contributed by atoms with Gasteiger partial charge in [-0.15, -0.1) is 0 Å². The molecule has 0 aliphatic rings. The van der Waals surface area contributed by atoms with Crippen molar-refractivity contribution < 1.29 is 5.21 Å². The molecule has 0 spiro atoms. The predicted molar refractivity (Wildman–Crippen MR) is 69.1 cm³/mol. The van der Waals surface area contributed by atoms with E-state index in [1.807, 2.05) is 18.5 Å². The Morgan fingerprint density at radius 1 is 1.24 bits per heavy atom. The Kier molecular flexibility index (Phi) is 3.13. The number of hydrogen-bond donors (Lipinski definition) is 2. The van der Waals surface area contributed by atoms with Crippen LogP contribution in [0.5, 0.6) is 0 Å². The molecule has 2 rings (SSSR count). The average Bonchev–Trinajstić information content (AvgIpc) is 2.27. The molecule has 0 saturated heterocycles. The summed E-state index contributed by atoms with van der Waals surface area (Å²) >= 11 is 0. The molecule has 2 aromatic rings. The Balaban J connectivity index is 2.59. The molecule has 1 aromatic carbocycles. The van der Waals surface area contributed by atoms with Crippen LogP contribution in [0.3, 0.4) is 0 Å². The lowest BCUT2D eigenvalue weighted by Crippen LogP contribution is -2.12. The normalized spacial score (nSPS) is 12.0. The lowest BCUT2D eigenvalue weighted by molar-refractivity contribution is 0.161. The zero-order chi connectivity index (χ0) is 12.5. The molecule has 0 fully saturated rings. The van der Waals surface area contributed by atoms with Gasteiger partial charge in [0.15, 0.2) is 0 Å². The number of hydroxylamine groups is 1. The third kappa shape index (κ3) is 2.46. The van der Waals surface area contributed by atoms with Crippen LogP contribution in [0.15, 0.2) is 30.6 Å². The van der Waals surface area contributed by atoms with Crippen LogP contribution >= 0.6 is 0 Å². The van der Waals surface area contributed by atoms with Crippen LogP contribution in [0.4, 0.5) is 0 Å². The molecule has 90 valence electrons. The maximum absolute atomic E-state index is 8.71. The number of rotatable bonds is 2. The number of fused-ring (bicyclic) bond motifs is 1. The molecule has 1 heterocycles. The van der Waals surface area contributed by atoms with E-state index in [1.54, 1.807) is 0 Å². The van der Waals surface area contributed by atoms with Gasteiger partial charge in [-0.25, -0.2) is 5.48 Å². The first-order chi connectivity index (χ1) is 8.02. The summed E-state index contributed by atoms with van der Waals surface area (Å²) in [4.78, 5) is 4.30. The van der Waals surface area contributed by atoms with Gasteiger partial charge in [0.2, 0.25) is 0 Å². The minimum Gasteiger partial charge on any atom is -0.316 e. The molecule has 0 bridgehead atoms. The summed E-state index contributed by atoms with van der Waals surface area (Å²) in [6.45, 7) is 7.02. The Morgan fingerprint density at radius 3 is 2.65 bits per heavy atom. The van der Waals surface area contributed by atoms with Gasteiger partial charge < -0.3 is 5.21 Å². The van der Waals surface area contributed by atoms with Crippen molar-refractivity contribution in [2.75, 3.05) is 0 Å². The quantitative estimate of drug-likeness (QED) is 0.779. The van der Waals surface area contributed by atoms with E-state index in [4.69, 9.17) is 5.21 Å². The fourth-order valence-electron chi connectivity index (χ4n) is 2.02. The molecule has 0 atom stereocenters. The van der Waals surface area contributed by atoms with Gasteiger partial charge in [0.1, 0.15) is 0 Å². The van der Waals surface area contributed by atoms with E-state index < -0.39 is 0 Å². The summed E-state index contributed by atoms with van der Waals surface area (Å²) in [6, 6.07) is 6.19. The van der Waals surface area contributed by atoms with Gasteiger partial charge in [-0.2, -0.15) is 0 Å². The van der Waals surface area contributed by atoms with Gasteiger partial charge in [0, 0.05) is 24.3 Å². The topological polar surface area (TPSA) is 45.2 Å². The molecule has 1 aromatic heterocycles. The van der Waals surface area contributed by atoms with Crippen LogP contribution in [-0.2, 0) is 12.0 Å². The smallest absolute Gasteiger partial charge is 0.0458 e. The molecule has 0 radical (unpaired) electrons. The zero-order valence-electron chi connectivity index (χ0n) is 10.5. The molecule has 2 N–H and O–H groups in total. The Hall–Kier alpha value is -1.45. The number of nitrogens with one attached hydrogen (secondary N) is 1. The highest BCUT2D eigenvalue weighted by Crippen LogP contribution is 2.29. The monoisotopic (exact) mass is 230 g/mol. The second kappa shape index (κ2) is 4.43. The van der Waals surface area contributed by atoms with Crippen LogP contribution in [0, 0.1) is 0 Å². The van der Waals surface area contributed by atoms with E-state index in [2.05, 4.69) is 43.4 Å². The number of pyridine rings is 1. The number of hydrogen-bond acceptors (Lipinski definition) is 3. The van der Waals surface area contributed by atoms with E-state index in [0.717, 1.165) is 10.9 Å². The largest absolute Gasteiger partial charge is 0.316 e. The van der Waals surface area contributed by atoms with Crippen molar-refractivity contribution in [3.05, 3.63) is 41.7 Å². The summed E-state index contributed by atoms with van der Waals surface area (Å²) in [6.07, 6.45) is 3.80. The summed E-state index contributed by atoms with van der Waals surface area (Å²) in [5.41, 5.74) is 4.56. The molecule has 0 unspecified atom stereocenters. The number of benzene rings is 1. The highest BCUT2D eigenvalue weighted by Gasteiger charge is 2.16. The van der Waals surface area contributed by atoms with Crippen molar-refractivity contribution in [2.24, 2.45) is 0 Å². The fraction of sp³-hybridized carbons (Fsp3) is 0.357. The predicted octanol–water partition coefficient (Wildman–Crippen LogP) is 3.01. The van der Waals surface area contributed by atoms with Crippen LogP contribution in [0.25, 0.3) is 10.8 Å². The molecule has 17 heavy (non-hydrogen) atoms. The van der Waals surface area contributed by atoms with Gasteiger partial charge in [-0.1, -0.05) is 32.9 Å². The molecule has 0 amide bonds. The average molecular weight is 230 g/mol. The van der Waals surface area contributed by atoms with E-state index in [1.165, 1.54) is 10.9 Å². The minimum absolute atomic E-state index is 0.0866. The zero-order valence-corrected chi connectivity index (χ0v) is 10.5. The summed E-state index contributed by atoms with van der Waals surface area (Å²) in [5, 5.41) is 11.1. The molecular weight excluding hydrogens is 212 g/mol. The molecule has 3 nitrogen and oxygen atoms in total. The van der Waals surface area contributed by atoms with Gasteiger partial charge >= 0.3 is 0 Å². The van der Waals surface area contributed by atoms with E-state index in [9.17, 15) is 0 Å². The second-order valence-corrected chi connectivity index (χ2v) is 5.33. The Bertz CT molecular complexity index is 529. The molecular formula is C14H18N2O. The first kappa shape index (κ1) is 12.0. The second-order valence-electron chi connectivity index (χ2n) is 5.33. The van der Waals surface area contributed by atoms with E-state index in [-0.39, 0.29) is 5.41 Å². The number of aromatic nitrogens is 1. The van der Waals surface area contributed by atoms with Crippen molar-refractivity contribution in [3.8, 4) is 0 Å². The van der Waals surface area contributed by atoms with Crippen molar-refractivity contribution in [3.63, 3.8) is 0 Å². The van der Waals surface area contributed by atoms with Crippen LogP contribution in [-0.4, -0.2) is 10.2 Å². The lowest BCUT2D eigenvalue weighted by Gasteiger charge is -2.20. The summed E-state index contributed by atoms with van der Waals surface area (Å²) < 4.78 is 0. The van der Waals surface area contributed by atoms with E-state index >= 15 is 0 Å². The SMILES string of the molecule is CC(C)(C)c1cncc2cc(CNO)ccc12. The van der Waals surface area contributed by atoms with Crippen molar-refractivity contribution in [1.82, 2.24) is 10.5 Å². The van der Waals surface area contributed by atoms with Gasteiger partial charge in [0.05, 0.1) is 0 Å². The van der Waals surface area contributed by atoms with Gasteiger partial charge in [0.25, 0.3) is 0 Å². The molecule has 3 heteroatoms. The number of nitrogens with zero attached hydrogens (tertiary/aromatic N) is 1. The highest BCUT2D eigenvalue weighted by molar-refractivity contribution is 5.86. The third-order valence-corrected chi connectivity index (χ3v) is 2.91. The summed E-state index contributed by atoms with van der Waals surface area (Å²) in [5.74, 6) is 0. The molecule has 0 aliphatic heterocycles. The van der Waals surface area contributed by atoms with Crippen LogP contribution in [0.2, 0.25) is 0 Å². The highest BCUT2D eigenvalue weighted by atomic mass is 16.5. The van der Waals surface area contributed by atoms with Crippen molar-refractivity contribution >= 4 is 10.8 Å². The first-order valence-electron chi connectivity index (χ1n) is 5.76. The maximum atomic E-state index is 8.71. The van der Waals surface area contributed by atoms with Crippen molar-refractivity contribution in [1.29, 1.82) is 0 Å². The summed E-state index contributed by atoms with van der Waals surface area (Å²) in [7, 11) is 0. The minimum atomic E-state index is 0.0866. The van der Waals surface area contributed by atoms with Crippen molar-refractivity contribution in [2.45, 2.75) is 32.7 Å². The van der Waals surface area contributed by atoms with Gasteiger partial charge in [-0.05, 0) is 28.0 Å². The molecule has 0 saturated carbocycles. The van der Waals surface area contributed by atoms with Crippen LogP contribution < -0.4 is 5.48 Å². The Morgan fingerprint density at radius 2 is 2.00 bits per heavy atom. The lowest BCUT2D eigenvalue weighted by atomic mass is 9.85. The first-order valence-corrected chi connectivity index (χ1v) is 5.76. The fourth-order valence-corrected chi connectivity index (χ4v) is 2.02. The third-order valence-electron chi connectivity index (χ3n) is 2.91. The van der Waals surface area contributed by atoms with Gasteiger partial charge in [-0.3, -0.25) is 4.98 Å². The van der Waals surface area contributed by atoms with E-state index in [0.29, 0.717) is 6.54 Å². The molecule has 0 aliphatic carbocycles.